The number of nitrogens with zero attached hydrogens (tertiary/aromatic N) is 4. The molecular formula is C31H21Cl2N5O3S. The number of rotatable bonds is 7. The Bertz CT molecular complexity index is 2100. The number of anilines is 1. The number of pyridine rings is 2. The fraction of sp³-hybridized carbons (Fsp3) is 0.0323. The van der Waals surface area contributed by atoms with E-state index in [-0.39, 0.29) is 20.5 Å². The molecule has 0 bridgehead atoms. The summed E-state index contributed by atoms with van der Waals surface area (Å²) >= 11 is 12.0. The first-order chi connectivity index (χ1) is 20.3. The topological polar surface area (TPSA) is 107 Å². The largest absolute Gasteiger partial charge is 0.280 e. The number of hydrogen-bond acceptors (Lipinski definition) is 6. The standard InChI is InChI=1S/C31H21Cl2N5O3S/c32-23-16-24(33)18-27(17-23)42(40,41)37-25-8-1-6-21(14-25)22-7-2-9-26(15-22)38-30-28(10-4-12-35-30)36-29(31(38)39)13-20-5-3-11-34-19-20/h1-12,14-19,37H,13H2. The zero-order chi connectivity index (χ0) is 29.3. The van der Waals surface area contributed by atoms with Crippen LogP contribution in [-0.2, 0) is 16.4 Å². The number of sulfonamides is 1. The van der Waals surface area contributed by atoms with E-state index in [0.29, 0.717) is 34.7 Å². The fourth-order valence-electron chi connectivity index (χ4n) is 4.60. The number of hydrogen-bond donors (Lipinski definition) is 1. The molecule has 0 atom stereocenters. The molecule has 0 amide bonds. The highest BCUT2D eigenvalue weighted by Crippen LogP contribution is 2.28. The lowest BCUT2D eigenvalue weighted by Crippen LogP contribution is -2.25. The molecule has 0 aliphatic carbocycles. The molecule has 3 aromatic heterocycles. The predicted molar refractivity (Wildman–Crippen MR) is 165 cm³/mol. The minimum absolute atomic E-state index is 0.0501. The lowest BCUT2D eigenvalue weighted by atomic mass is 10.0. The molecule has 0 saturated carbocycles. The van der Waals surface area contributed by atoms with Crippen LogP contribution in [0.3, 0.4) is 0 Å². The van der Waals surface area contributed by atoms with Crippen molar-refractivity contribution in [1.82, 2.24) is 19.5 Å². The van der Waals surface area contributed by atoms with E-state index in [1.165, 1.54) is 18.2 Å². The van der Waals surface area contributed by atoms with E-state index < -0.39 is 10.0 Å². The molecule has 0 aliphatic rings. The minimum Gasteiger partial charge on any atom is -0.280 e. The average molecular weight is 615 g/mol. The lowest BCUT2D eigenvalue weighted by Gasteiger charge is -2.14. The van der Waals surface area contributed by atoms with E-state index in [0.717, 1.165) is 16.7 Å². The Morgan fingerprint density at radius 3 is 2.31 bits per heavy atom. The van der Waals surface area contributed by atoms with Crippen molar-refractivity contribution < 1.29 is 8.42 Å². The van der Waals surface area contributed by atoms with E-state index in [1.54, 1.807) is 47.4 Å². The van der Waals surface area contributed by atoms with Gasteiger partial charge in [-0.1, -0.05) is 53.5 Å². The minimum atomic E-state index is -3.95. The molecule has 208 valence electrons. The Morgan fingerprint density at radius 1 is 0.810 bits per heavy atom. The molecule has 0 unspecified atom stereocenters. The summed E-state index contributed by atoms with van der Waals surface area (Å²) in [4.78, 5) is 26.9. The molecule has 0 aliphatic heterocycles. The first kappa shape index (κ1) is 27.6. The van der Waals surface area contributed by atoms with Crippen molar-refractivity contribution in [3.05, 3.63) is 141 Å². The number of benzene rings is 3. The SMILES string of the molecule is O=c1c(Cc2cccnc2)nc2cccnc2n1-c1cccc(-c2cccc(NS(=O)(=O)c3cc(Cl)cc(Cl)c3)c2)c1. The molecule has 0 fully saturated rings. The van der Waals surface area contributed by atoms with Gasteiger partial charge in [-0.2, -0.15) is 0 Å². The predicted octanol–water partition coefficient (Wildman–Crippen LogP) is 6.54. The van der Waals surface area contributed by atoms with Gasteiger partial charge in [-0.3, -0.25) is 19.1 Å². The van der Waals surface area contributed by atoms with E-state index in [2.05, 4.69) is 19.7 Å². The molecule has 1 N–H and O–H groups in total. The van der Waals surface area contributed by atoms with Crippen LogP contribution >= 0.6 is 23.2 Å². The molecule has 3 aromatic carbocycles. The summed E-state index contributed by atoms with van der Waals surface area (Å²) in [6, 6.07) is 25.8. The maximum atomic E-state index is 13.8. The van der Waals surface area contributed by atoms with Gasteiger partial charge in [0, 0.05) is 40.7 Å². The van der Waals surface area contributed by atoms with Crippen LogP contribution in [0.5, 0.6) is 0 Å². The highest BCUT2D eigenvalue weighted by Gasteiger charge is 2.17. The smallest absolute Gasteiger partial charge is 0.278 e. The van der Waals surface area contributed by atoms with Crippen LogP contribution in [0.25, 0.3) is 28.0 Å². The molecule has 0 radical (unpaired) electrons. The van der Waals surface area contributed by atoms with Crippen LogP contribution in [0.1, 0.15) is 11.3 Å². The van der Waals surface area contributed by atoms with Crippen molar-refractivity contribution in [2.24, 2.45) is 0 Å². The molecular weight excluding hydrogens is 593 g/mol. The quantitative estimate of drug-likeness (QED) is 0.219. The molecule has 0 saturated heterocycles. The third-order valence-electron chi connectivity index (χ3n) is 6.48. The number of nitrogens with one attached hydrogen (secondary N) is 1. The molecule has 6 aromatic rings. The van der Waals surface area contributed by atoms with Crippen molar-refractivity contribution in [2.45, 2.75) is 11.3 Å². The number of halogens is 2. The summed E-state index contributed by atoms with van der Waals surface area (Å²) < 4.78 is 30.2. The Labute approximate surface area is 251 Å². The second kappa shape index (κ2) is 11.4. The number of aromatic nitrogens is 4. The molecule has 6 rings (SSSR count). The average Bonchev–Trinajstić information content (AvgIpc) is 2.98. The highest BCUT2D eigenvalue weighted by molar-refractivity contribution is 7.92. The maximum Gasteiger partial charge on any atom is 0.278 e. The van der Waals surface area contributed by atoms with Crippen LogP contribution in [0, 0.1) is 0 Å². The van der Waals surface area contributed by atoms with Gasteiger partial charge in [0.15, 0.2) is 5.65 Å². The number of fused-ring (bicyclic) bond motifs is 1. The van der Waals surface area contributed by atoms with Crippen LogP contribution < -0.4 is 10.3 Å². The summed E-state index contributed by atoms with van der Waals surface area (Å²) in [5.74, 6) is 0. The summed E-state index contributed by atoms with van der Waals surface area (Å²) in [5, 5.41) is 0.427. The molecule has 3 heterocycles. The van der Waals surface area contributed by atoms with Crippen molar-refractivity contribution >= 4 is 50.1 Å². The second-order valence-electron chi connectivity index (χ2n) is 9.43. The highest BCUT2D eigenvalue weighted by atomic mass is 35.5. The Kier molecular flexibility index (Phi) is 7.47. The fourth-order valence-corrected chi connectivity index (χ4v) is 6.38. The third kappa shape index (κ3) is 5.75. The van der Waals surface area contributed by atoms with Crippen molar-refractivity contribution in [1.29, 1.82) is 0 Å². The van der Waals surface area contributed by atoms with Gasteiger partial charge < -0.3 is 0 Å². The molecule has 0 spiro atoms. The lowest BCUT2D eigenvalue weighted by molar-refractivity contribution is 0.601. The molecule has 8 nitrogen and oxygen atoms in total. The van der Waals surface area contributed by atoms with Crippen LogP contribution in [0.15, 0.2) is 119 Å². The zero-order valence-corrected chi connectivity index (χ0v) is 24.1. The second-order valence-corrected chi connectivity index (χ2v) is 12.0. The Morgan fingerprint density at radius 2 is 1.55 bits per heavy atom. The third-order valence-corrected chi connectivity index (χ3v) is 8.27. The Balaban J connectivity index is 1.39. The van der Waals surface area contributed by atoms with E-state index >= 15 is 0 Å². The van der Waals surface area contributed by atoms with Gasteiger partial charge in [0.05, 0.1) is 10.6 Å². The summed E-state index contributed by atoms with van der Waals surface area (Å²) in [6.45, 7) is 0. The zero-order valence-electron chi connectivity index (χ0n) is 21.8. The van der Waals surface area contributed by atoms with Crippen LogP contribution in [-0.4, -0.2) is 27.9 Å². The van der Waals surface area contributed by atoms with E-state index in [4.69, 9.17) is 23.2 Å². The van der Waals surface area contributed by atoms with Crippen LogP contribution in [0.4, 0.5) is 5.69 Å². The first-order valence-electron chi connectivity index (χ1n) is 12.7. The van der Waals surface area contributed by atoms with Crippen molar-refractivity contribution in [3.8, 4) is 16.8 Å². The Hall–Kier alpha value is -4.57. The van der Waals surface area contributed by atoms with E-state index in [9.17, 15) is 13.2 Å². The van der Waals surface area contributed by atoms with Gasteiger partial charge in [-0.25, -0.2) is 18.4 Å². The van der Waals surface area contributed by atoms with Crippen molar-refractivity contribution in [2.75, 3.05) is 4.72 Å². The van der Waals surface area contributed by atoms with Gasteiger partial charge in [0.2, 0.25) is 0 Å². The summed E-state index contributed by atoms with van der Waals surface area (Å²) in [7, 11) is -3.95. The maximum absolute atomic E-state index is 13.8. The van der Waals surface area contributed by atoms with Gasteiger partial charge in [-0.15, -0.1) is 0 Å². The molecule has 42 heavy (non-hydrogen) atoms. The monoisotopic (exact) mass is 613 g/mol. The van der Waals surface area contributed by atoms with E-state index in [1.807, 2.05) is 48.5 Å². The normalized spacial score (nSPS) is 11.5. The van der Waals surface area contributed by atoms with Crippen LogP contribution in [0.2, 0.25) is 10.0 Å². The summed E-state index contributed by atoms with van der Waals surface area (Å²) in [5.41, 5.74) is 4.39. The molecule has 11 heteroatoms. The van der Waals surface area contributed by atoms with Gasteiger partial charge in [0.1, 0.15) is 11.2 Å². The van der Waals surface area contributed by atoms with Gasteiger partial charge in [0.25, 0.3) is 15.6 Å². The van der Waals surface area contributed by atoms with Crippen molar-refractivity contribution in [3.63, 3.8) is 0 Å². The van der Waals surface area contributed by atoms with Gasteiger partial charge in [-0.05, 0) is 77.4 Å². The van der Waals surface area contributed by atoms with Gasteiger partial charge >= 0.3 is 0 Å². The first-order valence-corrected chi connectivity index (χ1v) is 15.0. The summed E-state index contributed by atoms with van der Waals surface area (Å²) in [6.07, 6.45) is 5.32.